The Morgan fingerprint density at radius 2 is 1.43 bits per heavy atom. The number of hydrogen-bond acceptors (Lipinski definition) is 3. The largest absolute Gasteiger partial charge is 0.576 e. The molecule has 1 heterocycles. The molecule has 2 aromatic carbocycles. The predicted octanol–water partition coefficient (Wildman–Crippen LogP) is 7.86. The summed E-state index contributed by atoms with van der Waals surface area (Å²) in [6.07, 6.45) is -18.3. The van der Waals surface area contributed by atoms with Crippen molar-refractivity contribution in [2.75, 3.05) is 6.61 Å². The number of carbonyl (C=O) groups excluding carboxylic acids is 2. The lowest BCUT2D eigenvalue weighted by atomic mass is 9.78. The molecule has 0 N–H and O–H groups in total. The van der Waals surface area contributed by atoms with Crippen LogP contribution in [-0.2, 0) is 17.1 Å². The average molecular weight is 542 g/mol. The minimum absolute atomic E-state index is 0.146. The Bertz CT molecular complexity index is 1150. The third-order valence-corrected chi connectivity index (χ3v) is 6.36. The van der Waals surface area contributed by atoms with Crippen LogP contribution in [0.4, 0.5) is 50.0 Å². The second-order valence-electron chi connectivity index (χ2n) is 8.46. The summed E-state index contributed by atoms with van der Waals surface area (Å²) in [4.78, 5) is 26.2. The molecule has 0 fully saturated rings. The van der Waals surface area contributed by atoms with Crippen molar-refractivity contribution in [3.63, 3.8) is 0 Å². The molecule has 0 aliphatic carbocycles. The number of amides is 1. The molecule has 0 spiro atoms. The SMILES string of the molecule is CCOC(=O)[N@+]1(C(F)(F)F)c2ccccc2C(C(=O)c2cc(C(F)(F)F)cc(C(F)(F)F)c2)C[C@H]1CC. The quantitative estimate of drug-likeness (QED) is 0.171. The molecular formula is C24H21F9NO3+. The normalized spacial score (nSPS) is 22.4. The Hall–Kier alpha value is -3.09. The van der Waals surface area contributed by atoms with Crippen molar-refractivity contribution in [1.82, 2.24) is 4.48 Å². The van der Waals surface area contributed by atoms with Gasteiger partial charge in [-0.05, 0) is 31.5 Å². The lowest BCUT2D eigenvalue weighted by molar-refractivity contribution is -0.238. The maximum Gasteiger partial charge on any atom is 0.576 e. The smallest absolute Gasteiger partial charge is 0.420 e. The second-order valence-corrected chi connectivity index (χ2v) is 8.46. The van der Waals surface area contributed by atoms with Gasteiger partial charge in [-0.3, -0.25) is 4.79 Å². The topological polar surface area (TPSA) is 43.4 Å². The Labute approximate surface area is 205 Å². The summed E-state index contributed by atoms with van der Waals surface area (Å²) in [6, 6.07) is 3.19. The molecule has 1 amide bonds. The van der Waals surface area contributed by atoms with Crippen molar-refractivity contribution in [2.24, 2.45) is 0 Å². The van der Waals surface area contributed by atoms with E-state index < -0.39 is 75.8 Å². The third-order valence-electron chi connectivity index (χ3n) is 6.36. The van der Waals surface area contributed by atoms with Crippen LogP contribution in [0.5, 0.6) is 0 Å². The van der Waals surface area contributed by atoms with Gasteiger partial charge in [0.15, 0.2) is 11.5 Å². The van der Waals surface area contributed by atoms with Gasteiger partial charge in [-0.15, -0.1) is 13.2 Å². The van der Waals surface area contributed by atoms with E-state index >= 15 is 0 Å². The number of Topliss-reactive ketones (excluding diaryl/α,β-unsaturated/α-hetero) is 1. The van der Waals surface area contributed by atoms with Gasteiger partial charge < -0.3 is 4.74 Å². The fraction of sp³-hybridized carbons (Fsp3) is 0.417. The van der Waals surface area contributed by atoms with Crippen LogP contribution in [0.2, 0.25) is 0 Å². The number of benzene rings is 2. The first-order chi connectivity index (χ1) is 17.0. The van der Waals surface area contributed by atoms with Crippen LogP contribution < -0.4 is 4.48 Å². The van der Waals surface area contributed by atoms with E-state index in [2.05, 4.69) is 0 Å². The van der Waals surface area contributed by atoms with Crippen LogP contribution in [0, 0.1) is 0 Å². The van der Waals surface area contributed by atoms with Gasteiger partial charge in [0.25, 0.3) is 0 Å². The van der Waals surface area contributed by atoms with Crippen molar-refractivity contribution in [1.29, 1.82) is 0 Å². The molecule has 0 saturated heterocycles. The molecule has 3 rings (SSSR count). The van der Waals surface area contributed by atoms with E-state index in [1.807, 2.05) is 0 Å². The second kappa shape index (κ2) is 9.66. The predicted molar refractivity (Wildman–Crippen MR) is 114 cm³/mol. The highest BCUT2D eigenvalue weighted by Crippen LogP contribution is 2.52. The highest BCUT2D eigenvalue weighted by molar-refractivity contribution is 6.03. The zero-order valence-electron chi connectivity index (χ0n) is 19.4. The minimum Gasteiger partial charge on any atom is -0.420 e. The number of para-hydroxylation sites is 1. The average Bonchev–Trinajstić information content (AvgIpc) is 2.80. The fourth-order valence-corrected chi connectivity index (χ4v) is 4.76. The molecule has 13 heteroatoms. The van der Waals surface area contributed by atoms with Gasteiger partial charge in [-0.1, -0.05) is 29.6 Å². The lowest BCUT2D eigenvalue weighted by Gasteiger charge is -2.45. The third kappa shape index (κ3) is 4.92. The number of ketones is 1. The molecule has 2 aromatic rings. The molecule has 1 unspecified atom stereocenters. The summed E-state index contributed by atoms with van der Waals surface area (Å²) in [7, 11) is 0. The van der Waals surface area contributed by atoms with Crippen molar-refractivity contribution >= 4 is 17.6 Å². The van der Waals surface area contributed by atoms with E-state index in [-0.39, 0.29) is 36.8 Å². The summed E-state index contributed by atoms with van der Waals surface area (Å²) in [5.74, 6) is -2.78. The van der Waals surface area contributed by atoms with Crippen LogP contribution >= 0.6 is 0 Å². The molecule has 3 atom stereocenters. The van der Waals surface area contributed by atoms with E-state index in [4.69, 9.17) is 4.74 Å². The number of hydrogen-bond donors (Lipinski definition) is 0. The van der Waals surface area contributed by atoms with Crippen LogP contribution in [-0.4, -0.2) is 30.8 Å². The van der Waals surface area contributed by atoms with Crippen molar-refractivity contribution in [3.05, 3.63) is 64.7 Å². The van der Waals surface area contributed by atoms with Crippen molar-refractivity contribution in [2.45, 2.75) is 57.3 Å². The van der Waals surface area contributed by atoms with Gasteiger partial charge in [-0.2, -0.15) is 31.1 Å². The van der Waals surface area contributed by atoms with Gasteiger partial charge in [0.05, 0.1) is 23.7 Å². The van der Waals surface area contributed by atoms with E-state index in [1.54, 1.807) is 0 Å². The molecule has 1 aliphatic rings. The van der Waals surface area contributed by atoms with Gasteiger partial charge in [0, 0.05) is 23.6 Å². The molecule has 4 nitrogen and oxygen atoms in total. The molecule has 0 radical (unpaired) electrons. The number of ether oxygens (including phenoxy) is 1. The number of nitrogens with zero attached hydrogens (tertiary/aromatic N) is 1. The van der Waals surface area contributed by atoms with E-state index in [1.165, 1.54) is 26.0 Å². The summed E-state index contributed by atoms with van der Waals surface area (Å²) in [5.41, 5.74) is -5.43. The van der Waals surface area contributed by atoms with E-state index in [0.29, 0.717) is 0 Å². The first kappa shape index (κ1) is 28.5. The molecule has 0 aromatic heterocycles. The first-order valence-electron chi connectivity index (χ1n) is 11.1. The van der Waals surface area contributed by atoms with Crippen LogP contribution in [0.3, 0.4) is 0 Å². The Morgan fingerprint density at radius 3 is 1.89 bits per heavy atom. The number of halogens is 9. The van der Waals surface area contributed by atoms with Gasteiger partial charge in [0.1, 0.15) is 6.04 Å². The number of fused-ring (bicyclic) bond motifs is 1. The minimum atomic E-state index is -5.24. The van der Waals surface area contributed by atoms with Gasteiger partial charge >= 0.3 is 24.7 Å². The number of rotatable bonds is 4. The highest BCUT2D eigenvalue weighted by atomic mass is 19.4. The summed E-state index contributed by atoms with van der Waals surface area (Å²) in [6.45, 7) is 2.24. The van der Waals surface area contributed by atoms with Crippen molar-refractivity contribution < 1.29 is 53.8 Å². The molecule has 37 heavy (non-hydrogen) atoms. The maximum atomic E-state index is 14.6. The zero-order chi connectivity index (χ0) is 28.0. The Balaban J connectivity index is 2.27. The van der Waals surface area contributed by atoms with Crippen LogP contribution in [0.1, 0.15) is 59.7 Å². The lowest BCUT2D eigenvalue weighted by Crippen LogP contribution is -2.70. The number of alkyl halides is 9. The monoisotopic (exact) mass is 542 g/mol. The van der Waals surface area contributed by atoms with E-state index in [9.17, 15) is 49.1 Å². The van der Waals surface area contributed by atoms with Gasteiger partial charge in [0.2, 0.25) is 0 Å². The fourth-order valence-electron chi connectivity index (χ4n) is 4.76. The molecule has 0 bridgehead atoms. The first-order valence-corrected chi connectivity index (χ1v) is 11.1. The standard InChI is InChI=1S/C24H21F9NO3/c1-3-16-12-18(20(35)13-9-14(22(25,26)27)11-15(10-13)23(28,29)30)17-7-5-6-8-19(17)34(16,24(31,32)33)21(36)37-4-2/h5-11,16,18H,3-4,12H2,1-2H3/q+1/t16-,18?,34-/m1/s1. The Morgan fingerprint density at radius 1 is 0.892 bits per heavy atom. The van der Waals surface area contributed by atoms with E-state index in [0.717, 1.165) is 12.1 Å². The number of carbonyl (C=O) groups is 2. The maximum absolute atomic E-state index is 14.6. The summed E-state index contributed by atoms with van der Waals surface area (Å²) < 4.78 is 126. The summed E-state index contributed by atoms with van der Waals surface area (Å²) >= 11 is 0. The Kier molecular flexibility index (Phi) is 7.43. The molecular weight excluding hydrogens is 521 g/mol. The highest BCUT2D eigenvalue weighted by Gasteiger charge is 2.70. The molecule has 202 valence electrons. The number of quaternary nitrogens is 1. The van der Waals surface area contributed by atoms with Crippen molar-refractivity contribution in [3.8, 4) is 0 Å². The molecule has 0 saturated carbocycles. The van der Waals surface area contributed by atoms with Crippen LogP contribution in [0.15, 0.2) is 42.5 Å². The molecule has 1 aliphatic heterocycles. The summed E-state index contributed by atoms with van der Waals surface area (Å²) in [5, 5.41) is 0. The van der Waals surface area contributed by atoms with Crippen LogP contribution in [0.25, 0.3) is 0 Å². The zero-order valence-corrected chi connectivity index (χ0v) is 19.4. The van der Waals surface area contributed by atoms with Gasteiger partial charge in [-0.25, -0.2) is 0 Å².